The highest BCUT2D eigenvalue weighted by atomic mass is 19.1. The van der Waals surface area contributed by atoms with Crippen LogP contribution in [0.2, 0.25) is 0 Å². The number of nitrogens with zero attached hydrogens (tertiary/aromatic N) is 4. The SMILES string of the molecule is O=C(Cc1ccc([N+](=O)[O-])cc1)NNc1ncnc(NNC(=O)c2ccc(F)cc2)c1[N+](=O)[O-]. The van der Waals surface area contributed by atoms with Gasteiger partial charge in [-0.1, -0.05) is 12.1 Å². The Kier molecular flexibility index (Phi) is 7.17. The molecule has 0 bridgehead atoms. The lowest BCUT2D eigenvalue weighted by molar-refractivity contribution is -0.384. The second-order valence-corrected chi connectivity index (χ2v) is 6.54. The maximum absolute atomic E-state index is 13.0. The van der Waals surface area contributed by atoms with Crippen LogP contribution in [0.25, 0.3) is 0 Å². The van der Waals surface area contributed by atoms with E-state index >= 15 is 0 Å². The smallest absolute Gasteiger partial charge is 0.276 e. The Morgan fingerprint density at radius 3 is 2.00 bits per heavy atom. The van der Waals surface area contributed by atoms with Gasteiger partial charge in [-0.3, -0.25) is 51.5 Å². The van der Waals surface area contributed by atoms with Crippen LogP contribution in [0.5, 0.6) is 0 Å². The Bertz CT molecular complexity index is 1240. The molecule has 174 valence electrons. The maximum Gasteiger partial charge on any atom is 0.356 e. The Hall–Kier alpha value is -5.21. The molecule has 0 saturated heterocycles. The molecule has 2 aromatic carbocycles. The lowest BCUT2D eigenvalue weighted by Gasteiger charge is -2.11. The number of hydrogen-bond acceptors (Lipinski definition) is 10. The lowest BCUT2D eigenvalue weighted by Crippen LogP contribution is -2.32. The zero-order chi connectivity index (χ0) is 24.7. The van der Waals surface area contributed by atoms with Crippen LogP contribution >= 0.6 is 0 Å². The molecule has 0 aliphatic heterocycles. The third kappa shape index (κ3) is 5.94. The van der Waals surface area contributed by atoms with Gasteiger partial charge in [0.05, 0.1) is 16.3 Å². The number of carbonyl (C=O) groups is 2. The first-order valence-corrected chi connectivity index (χ1v) is 9.34. The van der Waals surface area contributed by atoms with Gasteiger partial charge in [-0.15, -0.1) is 0 Å². The van der Waals surface area contributed by atoms with Gasteiger partial charge in [-0.05, 0) is 29.8 Å². The molecule has 0 atom stereocenters. The number of nitrogens with one attached hydrogen (secondary N) is 4. The summed E-state index contributed by atoms with van der Waals surface area (Å²) in [4.78, 5) is 52.5. The van der Waals surface area contributed by atoms with Crippen LogP contribution in [-0.2, 0) is 11.2 Å². The van der Waals surface area contributed by atoms with Gasteiger partial charge in [-0.2, -0.15) is 0 Å². The Balaban J connectivity index is 1.65. The van der Waals surface area contributed by atoms with Crippen LogP contribution in [0.4, 0.5) is 27.4 Å². The van der Waals surface area contributed by atoms with E-state index in [4.69, 9.17) is 0 Å². The second kappa shape index (κ2) is 10.4. The molecule has 0 saturated carbocycles. The number of amides is 2. The van der Waals surface area contributed by atoms with Crippen molar-refractivity contribution in [3.05, 3.63) is 92.0 Å². The minimum Gasteiger partial charge on any atom is -0.276 e. The molecule has 1 aromatic heterocycles. The molecule has 0 spiro atoms. The Morgan fingerprint density at radius 1 is 0.853 bits per heavy atom. The number of rotatable bonds is 9. The number of aromatic nitrogens is 2. The summed E-state index contributed by atoms with van der Waals surface area (Å²) in [5.41, 5.74) is 8.78. The zero-order valence-corrected chi connectivity index (χ0v) is 17.0. The maximum atomic E-state index is 13.0. The third-order valence-corrected chi connectivity index (χ3v) is 4.24. The summed E-state index contributed by atoms with van der Waals surface area (Å²) < 4.78 is 13.0. The topological polar surface area (TPSA) is 194 Å². The van der Waals surface area contributed by atoms with E-state index < -0.39 is 33.2 Å². The summed E-state index contributed by atoms with van der Waals surface area (Å²) >= 11 is 0. The molecule has 3 rings (SSSR count). The van der Waals surface area contributed by atoms with Crippen molar-refractivity contribution < 1.29 is 23.8 Å². The fourth-order valence-electron chi connectivity index (χ4n) is 2.62. The molecule has 0 radical (unpaired) electrons. The molecule has 0 aliphatic rings. The van der Waals surface area contributed by atoms with Crippen molar-refractivity contribution in [3.8, 4) is 0 Å². The van der Waals surface area contributed by atoms with Crippen molar-refractivity contribution >= 4 is 34.8 Å². The zero-order valence-electron chi connectivity index (χ0n) is 17.0. The first-order chi connectivity index (χ1) is 16.2. The predicted octanol–water partition coefficient (Wildman–Crippen LogP) is 1.87. The number of nitro groups is 2. The van der Waals surface area contributed by atoms with Gasteiger partial charge in [0.1, 0.15) is 12.1 Å². The quantitative estimate of drug-likeness (QED) is 0.265. The van der Waals surface area contributed by atoms with Crippen molar-refractivity contribution in [2.24, 2.45) is 0 Å². The van der Waals surface area contributed by atoms with Crippen molar-refractivity contribution in [3.63, 3.8) is 0 Å². The van der Waals surface area contributed by atoms with E-state index in [0.717, 1.165) is 18.5 Å². The van der Waals surface area contributed by atoms with Gasteiger partial charge in [0, 0.05) is 17.7 Å². The number of hydrogen-bond donors (Lipinski definition) is 4. The standard InChI is InChI=1S/C19H15FN8O6/c20-13-5-3-12(4-6-13)19(30)26-25-18-16(28(33)34)17(21-10-22-18)24-23-15(29)9-11-1-7-14(8-2-11)27(31)32/h1-8,10H,9H2,(H,23,29)(H,26,30)(H2,21,22,24,25). The Labute approximate surface area is 189 Å². The fraction of sp³-hybridized carbons (Fsp3) is 0.0526. The van der Waals surface area contributed by atoms with E-state index in [2.05, 4.69) is 31.7 Å². The molecule has 3 aromatic rings. The van der Waals surface area contributed by atoms with Gasteiger partial charge in [-0.25, -0.2) is 14.4 Å². The molecule has 15 heteroatoms. The monoisotopic (exact) mass is 470 g/mol. The molecule has 1 heterocycles. The van der Waals surface area contributed by atoms with Crippen LogP contribution in [0.15, 0.2) is 54.9 Å². The number of hydrazine groups is 2. The molecular formula is C19H15FN8O6. The Morgan fingerprint density at radius 2 is 1.44 bits per heavy atom. The van der Waals surface area contributed by atoms with Crippen molar-refractivity contribution in [1.29, 1.82) is 0 Å². The number of non-ortho nitro benzene ring substituents is 1. The van der Waals surface area contributed by atoms with Crippen molar-refractivity contribution in [2.75, 3.05) is 10.9 Å². The highest BCUT2D eigenvalue weighted by molar-refractivity contribution is 5.95. The predicted molar refractivity (Wildman–Crippen MR) is 115 cm³/mol. The number of anilines is 2. The number of benzene rings is 2. The largest absolute Gasteiger partial charge is 0.356 e. The average molecular weight is 470 g/mol. The summed E-state index contributed by atoms with van der Waals surface area (Å²) in [5.74, 6) is -2.62. The van der Waals surface area contributed by atoms with E-state index in [1.807, 2.05) is 0 Å². The van der Waals surface area contributed by atoms with Crippen molar-refractivity contribution in [2.45, 2.75) is 6.42 Å². The highest BCUT2D eigenvalue weighted by Crippen LogP contribution is 2.27. The van der Waals surface area contributed by atoms with Crippen LogP contribution in [0, 0.1) is 26.0 Å². The summed E-state index contributed by atoms with van der Waals surface area (Å²) in [6.45, 7) is 0. The summed E-state index contributed by atoms with van der Waals surface area (Å²) in [7, 11) is 0. The molecule has 0 fully saturated rings. The molecule has 34 heavy (non-hydrogen) atoms. The summed E-state index contributed by atoms with van der Waals surface area (Å²) in [5, 5.41) is 22.2. The van der Waals surface area contributed by atoms with Gasteiger partial charge < -0.3 is 0 Å². The summed E-state index contributed by atoms with van der Waals surface area (Å²) in [6, 6.07) is 9.86. The van der Waals surface area contributed by atoms with Crippen LogP contribution in [-0.4, -0.2) is 31.6 Å². The molecular weight excluding hydrogens is 455 g/mol. The van der Waals surface area contributed by atoms with Crippen LogP contribution in [0.3, 0.4) is 0 Å². The van der Waals surface area contributed by atoms with Gasteiger partial charge in [0.25, 0.3) is 11.6 Å². The number of halogens is 1. The lowest BCUT2D eigenvalue weighted by atomic mass is 10.1. The minimum absolute atomic E-state index is 0.0856. The van der Waals surface area contributed by atoms with E-state index in [1.165, 1.54) is 36.4 Å². The van der Waals surface area contributed by atoms with Gasteiger partial charge in [0.2, 0.25) is 17.5 Å². The van der Waals surface area contributed by atoms with Crippen LogP contribution in [0.1, 0.15) is 15.9 Å². The van der Waals surface area contributed by atoms with E-state index in [9.17, 15) is 34.2 Å². The third-order valence-electron chi connectivity index (χ3n) is 4.24. The normalized spacial score (nSPS) is 10.1. The number of nitro benzene ring substituents is 1. The molecule has 2 amide bonds. The molecule has 0 aliphatic carbocycles. The minimum atomic E-state index is -0.836. The van der Waals surface area contributed by atoms with E-state index in [0.29, 0.717) is 5.56 Å². The second-order valence-electron chi connectivity index (χ2n) is 6.54. The van der Waals surface area contributed by atoms with Gasteiger partial charge >= 0.3 is 5.69 Å². The van der Waals surface area contributed by atoms with E-state index in [1.54, 1.807) is 0 Å². The summed E-state index contributed by atoms with van der Waals surface area (Å²) in [6.07, 6.45) is 0.771. The van der Waals surface area contributed by atoms with Crippen molar-refractivity contribution in [1.82, 2.24) is 20.8 Å². The van der Waals surface area contributed by atoms with Gasteiger partial charge in [0.15, 0.2) is 0 Å². The van der Waals surface area contributed by atoms with E-state index in [-0.39, 0.29) is 29.3 Å². The van der Waals surface area contributed by atoms with Crippen LogP contribution < -0.4 is 21.7 Å². The first kappa shape index (κ1) is 23.5. The molecule has 0 unspecified atom stereocenters. The fourth-order valence-corrected chi connectivity index (χ4v) is 2.62. The first-order valence-electron chi connectivity index (χ1n) is 9.34. The molecule has 14 nitrogen and oxygen atoms in total. The highest BCUT2D eigenvalue weighted by Gasteiger charge is 2.24. The molecule has 4 N–H and O–H groups in total. The number of carbonyl (C=O) groups excluding carboxylic acids is 2. The average Bonchev–Trinajstić information content (AvgIpc) is 2.81.